The molecular weight excluding hydrogens is 228 g/mol. The zero-order valence-electron chi connectivity index (χ0n) is 10.5. The number of aromatic nitrogens is 1. The molecule has 0 aliphatic heterocycles. The minimum absolute atomic E-state index is 0.586. The largest absolute Gasteiger partial charge is 0.490 e. The van der Waals surface area contributed by atoms with E-state index in [1.165, 1.54) is 0 Å². The van der Waals surface area contributed by atoms with E-state index in [1.54, 1.807) is 0 Å². The zero-order chi connectivity index (χ0) is 12.6. The molecule has 0 saturated heterocycles. The maximum absolute atomic E-state index is 5.69. The van der Waals surface area contributed by atoms with Crippen LogP contribution in [-0.2, 0) is 0 Å². The standard InChI is InChI=1S/C14H18N2O2/c1-2-17-13-7-3-4-8-14(13)18-12-9-15-16-10-5-6-11-16/h3-8,10-11,15H,2,9,12H2,1H3. The summed E-state index contributed by atoms with van der Waals surface area (Å²) in [6, 6.07) is 11.7. The molecule has 0 bridgehead atoms. The van der Waals surface area contributed by atoms with Crippen molar-refractivity contribution in [3.05, 3.63) is 48.8 Å². The Kier molecular flexibility index (Phi) is 4.53. The van der Waals surface area contributed by atoms with Crippen molar-refractivity contribution in [2.45, 2.75) is 6.92 Å². The van der Waals surface area contributed by atoms with Crippen molar-refractivity contribution in [2.24, 2.45) is 0 Å². The van der Waals surface area contributed by atoms with Crippen molar-refractivity contribution in [1.82, 2.24) is 4.68 Å². The van der Waals surface area contributed by atoms with Gasteiger partial charge in [0.1, 0.15) is 6.61 Å². The fourth-order valence-electron chi connectivity index (χ4n) is 1.62. The minimum Gasteiger partial charge on any atom is -0.490 e. The molecule has 1 aromatic carbocycles. The molecule has 0 radical (unpaired) electrons. The monoisotopic (exact) mass is 246 g/mol. The van der Waals surface area contributed by atoms with Crippen molar-refractivity contribution in [3.63, 3.8) is 0 Å². The van der Waals surface area contributed by atoms with Crippen LogP contribution in [0.15, 0.2) is 48.8 Å². The van der Waals surface area contributed by atoms with E-state index in [0.717, 1.165) is 18.0 Å². The Morgan fingerprint density at radius 1 is 1.00 bits per heavy atom. The second-order valence-electron chi connectivity index (χ2n) is 3.73. The Balaban J connectivity index is 1.79. The van der Waals surface area contributed by atoms with Gasteiger partial charge in [-0.05, 0) is 31.2 Å². The average Bonchev–Trinajstić information content (AvgIpc) is 2.90. The van der Waals surface area contributed by atoms with Crippen LogP contribution in [0.25, 0.3) is 0 Å². The van der Waals surface area contributed by atoms with Crippen molar-refractivity contribution in [1.29, 1.82) is 0 Å². The van der Waals surface area contributed by atoms with Crippen LogP contribution < -0.4 is 14.9 Å². The highest BCUT2D eigenvalue weighted by molar-refractivity contribution is 5.39. The molecule has 4 nitrogen and oxygen atoms in total. The number of hydrogen-bond donors (Lipinski definition) is 1. The van der Waals surface area contributed by atoms with Gasteiger partial charge in [0.05, 0.1) is 13.2 Å². The van der Waals surface area contributed by atoms with Gasteiger partial charge in [0.25, 0.3) is 0 Å². The third-order valence-corrected chi connectivity index (χ3v) is 2.41. The molecular formula is C14H18N2O2. The van der Waals surface area contributed by atoms with Crippen molar-refractivity contribution in [3.8, 4) is 11.5 Å². The highest BCUT2D eigenvalue weighted by atomic mass is 16.5. The van der Waals surface area contributed by atoms with Crippen LogP contribution in [0.1, 0.15) is 6.92 Å². The molecule has 0 atom stereocenters. The molecule has 18 heavy (non-hydrogen) atoms. The fraction of sp³-hybridized carbons (Fsp3) is 0.286. The van der Waals surface area contributed by atoms with Gasteiger partial charge >= 0.3 is 0 Å². The second-order valence-corrected chi connectivity index (χ2v) is 3.73. The molecule has 96 valence electrons. The predicted molar refractivity (Wildman–Crippen MR) is 71.8 cm³/mol. The van der Waals surface area contributed by atoms with Gasteiger partial charge in [-0.25, -0.2) is 0 Å². The summed E-state index contributed by atoms with van der Waals surface area (Å²) in [6.07, 6.45) is 3.91. The maximum atomic E-state index is 5.69. The Morgan fingerprint density at radius 2 is 1.67 bits per heavy atom. The van der Waals surface area contributed by atoms with Crippen LogP contribution >= 0.6 is 0 Å². The average molecular weight is 246 g/mol. The van der Waals surface area contributed by atoms with Gasteiger partial charge < -0.3 is 14.9 Å². The highest BCUT2D eigenvalue weighted by Crippen LogP contribution is 2.25. The third kappa shape index (κ3) is 3.45. The van der Waals surface area contributed by atoms with Crippen LogP contribution in [0.2, 0.25) is 0 Å². The highest BCUT2D eigenvalue weighted by Gasteiger charge is 2.02. The van der Waals surface area contributed by atoms with Crippen LogP contribution in [0.5, 0.6) is 11.5 Å². The summed E-state index contributed by atoms with van der Waals surface area (Å²) < 4.78 is 13.1. The van der Waals surface area contributed by atoms with E-state index < -0.39 is 0 Å². The molecule has 0 aliphatic rings. The summed E-state index contributed by atoms with van der Waals surface area (Å²) in [5.41, 5.74) is 3.20. The van der Waals surface area contributed by atoms with E-state index in [0.29, 0.717) is 13.2 Å². The molecule has 1 aromatic heterocycles. The van der Waals surface area contributed by atoms with E-state index in [9.17, 15) is 0 Å². The van der Waals surface area contributed by atoms with Gasteiger partial charge in [0.15, 0.2) is 11.5 Å². The Labute approximate surface area is 107 Å². The first-order valence-electron chi connectivity index (χ1n) is 6.11. The number of nitrogens with one attached hydrogen (secondary N) is 1. The van der Waals surface area contributed by atoms with E-state index in [-0.39, 0.29) is 0 Å². The first kappa shape index (κ1) is 12.4. The van der Waals surface area contributed by atoms with Gasteiger partial charge in [-0.1, -0.05) is 12.1 Å². The second kappa shape index (κ2) is 6.59. The van der Waals surface area contributed by atoms with E-state index in [1.807, 2.05) is 60.4 Å². The molecule has 2 aromatic rings. The third-order valence-electron chi connectivity index (χ3n) is 2.41. The number of rotatable bonds is 7. The topological polar surface area (TPSA) is 35.4 Å². The first-order valence-corrected chi connectivity index (χ1v) is 6.11. The van der Waals surface area contributed by atoms with Gasteiger partial charge in [-0.15, -0.1) is 0 Å². The molecule has 0 fully saturated rings. The lowest BCUT2D eigenvalue weighted by Crippen LogP contribution is -2.19. The summed E-state index contributed by atoms with van der Waals surface area (Å²) >= 11 is 0. The minimum atomic E-state index is 0.586. The lowest BCUT2D eigenvalue weighted by Gasteiger charge is -2.12. The number of para-hydroxylation sites is 2. The van der Waals surface area contributed by atoms with Gasteiger partial charge in [-0.2, -0.15) is 0 Å². The summed E-state index contributed by atoms with van der Waals surface area (Å²) in [5, 5.41) is 0. The molecule has 0 unspecified atom stereocenters. The molecule has 1 N–H and O–H groups in total. The Morgan fingerprint density at radius 3 is 2.33 bits per heavy atom. The fourth-order valence-corrected chi connectivity index (χ4v) is 1.62. The SMILES string of the molecule is CCOc1ccccc1OCCNn1cccc1. The number of hydrogen-bond acceptors (Lipinski definition) is 3. The first-order chi connectivity index (χ1) is 8.90. The molecule has 0 spiro atoms. The summed E-state index contributed by atoms with van der Waals surface area (Å²) in [5.74, 6) is 1.58. The lowest BCUT2D eigenvalue weighted by atomic mass is 10.3. The molecule has 1 heterocycles. The van der Waals surface area contributed by atoms with Crippen LogP contribution in [0.4, 0.5) is 0 Å². The Hall–Kier alpha value is -2.10. The molecule has 0 saturated carbocycles. The zero-order valence-corrected chi connectivity index (χ0v) is 10.5. The van der Waals surface area contributed by atoms with Crippen molar-refractivity contribution in [2.75, 3.05) is 25.2 Å². The summed E-state index contributed by atoms with van der Waals surface area (Å²) in [7, 11) is 0. The van der Waals surface area contributed by atoms with Crippen LogP contribution in [-0.4, -0.2) is 24.4 Å². The summed E-state index contributed by atoms with van der Waals surface area (Å²) in [4.78, 5) is 0. The van der Waals surface area contributed by atoms with Crippen LogP contribution in [0, 0.1) is 0 Å². The summed E-state index contributed by atoms with van der Waals surface area (Å²) in [6.45, 7) is 3.92. The quantitative estimate of drug-likeness (QED) is 0.762. The predicted octanol–water partition coefficient (Wildman–Crippen LogP) is 2.51. The van der Waals surface area contributed by atoms with E-state index >= 15 is 0 Å². The smallest absolute Gasteiger partial charge is 0.161 e. The van der Waals surface area contributed by atoms with Gasteiger partial charge in [-0.3, -0.25) is 4.68 Å². The van der Waals surface area contributed by atoms with Gasteiger partial charge in [0, 0.05) is 12.4 Å². The molecule has 0 aliphatic carbocycles. The van der Waals surface area contributed by atoms with E-state index in [4.69, 9.17) is 9.47 Å². The Bertz CT molecular complexity index is 455. The lowest BCUT2D eigenvalue weighted by molar-refractivity contribution is 0.283. The van der Waals surface area contributed by atoms with E-state index in [2.05, 4.69) is 5.43 Å². The molecule has 4 heteroatoms. The van der Waals surface area contributed by atoms with Crippen molar-refractivity contribution < 1.29 is 9.47 Å². The normalized spacial score (nSPS) is 10.1. The molecule has 0 amide bonds. The van der Waals surface area contributed by atoms with Crippen molar-refractivity contribution >= 4 is 0 Å². The van der Waals surface area contributed by atoms with Gasteiger partial charge in [0.2, 0.25) is 0 Å². The number of nitrogens with zero attached hydrogens (tertiary/aromatic N) is 1. The van der Waals surface area contributed by atoms with Crippen LogP contribution in [0.3, 0.4) is 0 Å². The number of benzene rings is 1. The maximum Gasteiger partial charge on any atom is 0.161 e. The molecule has 2 rings (SSSR count). The number of ether oxygens (including phenoxy) is 2.